The molecule has 1 nitrogen and oxygen atoms in total. The minimum atomic E-state index is 0.333. The van der Waals surface area contributed by atoms with Crippen molar-refractivity contribution in [2.24, 2.45) is 0 Å². The molecule has 0 saturated carbocycles. The van der Waals surface area contributed by atoms with Crippen LogP contribution in [0.1, 0.15) is 48.2 Å². The van der Waals surface area contributed by atoms with E-state index < -0.39 is 0 Å². The molecule has 2 aromatic rings. The Bertz CT molecular complexity index is 574. The second-order valence-electron chi connectivity index (χ2n) is 5.51. The summed E-state index contributed by atoms with van der Waals surface area (Å²) >= 11 is 3.48. The summed E-state index contributed by atoms with van der Waals surface area (Å²) in [4.78, 5) is 0. The van der Waals surface area contributed by atoms with Crippen LogP contribution in [0.4, 0.5) is 0 Å². The Kier molecular flexibility index (Phi) is 5.00. The molecule has 0 spiro atoms. The highest BCUT2D eigenvalue weighted by Crippen LogP contribution is 2.22. The third-order valence-corrected chi connectivity index (χ3v) is 4.43. The van der Waals surface area contributed by atoms with Crippen molar-refractivity contribution in [3.63, 3.8) is 0 Å². The van der Waals surface area contributed by atoms with Crippen molar-refractivity contribution in [1.82, 2.24) is 5.32 Å². The predicted octanol–water partition coefficient (Wildman–Crippen LogP) is 5.48. The second-order valence-corrected chi connectivity index (χ2v) is 6.42. The van der Waals surface area contributed by atoms with Gasteiger partial charge in [-0.15, -0.1) is 0 Å². The van der Waals surface area contributed by atoms with Gasteiger partial charge in [-0.1, -0.05) is 46.3 Å². The Morgan fingerprint density at radius 3 is 1.95 bits per heavy atom. The zero-order valence-electron chi connectivity index (χ0n) is 12.6. The van der Waals surface area contributed by atoms with Crippen molar-refractivity contribution in [3.05, 3.63) is 69.2 Å². The van der Waals surface area contributed by atoms with Crippen LogP contribution in [0.3, 0.4) is 0 Å². The first-order valence-corrected chi connectivity index (χ1v) is 7.85. The van der Waals surface area contributed by atoms with E-state index in [2.05, 4.69) is 91.4 Å². The van der Waals surface area contributed by atoms with Crippen LogP contribution < -0.4 is 5.32 Å². The SMILES string of the molecule is Cc1ccc(C(C)N[C@@H](C)c2ccc(Br)cc2)cc1C. The van der Waals surface area contributed by atoms with Crippen LogP contribution in [0, 0.1) is 13.8 Å². The standard InChI is InChI=1S/C18H22BrN/c1-12-5-6-17(11-13(12)2)15(4)20-14(3)16-7-9-18(19)10-8-16/h5-11,14-15,20H,1-4H3/t14-,15?/m0/s1. The van der Waals surface area contributed by atoms with Gasteiger partial charge in [0.05, 0.1) is 0 Å². The molecule has 106 valence electrons. The first-order valence-electron chi connectivity index (χ1n) is 7.06. The van der Waals surface area contributed by atoms with Gasteiger partial charge in [0.15, 0.2) is 0 Å². The van der Waals surface area contributed by atoms with E-state index in [1.54, 1.807) is 0 Å². The molecule has 0 bridgehead atoms. The number of halogens is 1. The molecule has 0 saturated heterocycles. The van der Waals surface area contributed by atoms with E-state index in [1.165, 1.54) is 22.3 Å². The Morgan fingerprint density at radius 1 is 0.800 bits per heavy atom. The smallest absolute Gasteiger partial charge is 0.0297 e. The fourth-order valence-corrected chi connectivity index (χ4v) is 2.62. The third kappa shape index (κ3) is 3.71. The fourth-order valence-electron chi connectivity index (χ4n) is 2.35. The van der Waals surface area contributed by atoms with Crippen molar-refractivity contribution < 1.29 is 0 Å². The molecular weight excluding hydrogens is 310 g/mol. The largest absolute Gasteiger partial charge is 0.304 e. The first-order chi connectivity index (χ1) is 9.47. The molecule has 20 heavy (non-hydrogen) atoms. The van der Waals surface area contributed by atoms with Gasteiger partial charge in [-0.05, 0) is 62.1 Å². The number of rotatable bonds is 4. The predicted molar refractivity (Wildman–Crippen MR) is 90.0 cm³/mol. The second kappa shape index (κ2) is 6.55. The van der Waals surface area contributed by atoms with Gasteiger partial charge in [-0.2, -0.15) is 0 Å². The fraction of sp³-hybridized carbons (Fsp3) is 0.333. The lowest BCUT2D eigenvalue weighted by Crippen LogP contribution is -2.22. The van der Waals surface area contributed by atoms with Crippen LogP contribution in [-0.4, -0.2) is 0 Å². The Balaban J connectivity index is 2.08. The Hall–Kier alpha value is -1.12. The summed E-state index contributed by atoms with van der Waals surface area (Å²) < 4.78 is 1.12. The van der Waals surface area contributed by atoms with Gasteiger partial charge >= 0.3 is 0 Å². The summed E-state index contributed by atoms with van der Waals surface area (Å²) in [6.07, 6.45) is 0. The molecule has 0 aliphatic heterocycles. The molecule has 2 heteroatoms. The summed E-state index contributed by atoms with van der Waals surface area (Å²) in [6.45, 7) is 8.76. The van der Waals surface area contributed by atoms with Crippen LogP contribution in [-0.2, 0) is 0 Å². The molecule has 0 aromatic heterocycles. The molecule has 1 N–H and O–H groups in total. The maximum atomic E-state index is 3.66. The van der Waals surface area contributed by atoms with E-state index >= 15 is 0 Å². The Morgan fingerprint density at radius 2 is 1.35 bits per heavy atom. The van der Waals surface area contributed by atoms with Gasteiger partial charge in [0, 0.05) is 16.6 Å². The lowest BCUT2D eigenvalue weighted by atomic mass is 10.0. The van der Waals surface area contributed by atoms with Gasteiger partial charge in [-0.25, -0.2) is 0 Å². The Labute approximate surface area is 130 Å². The zero-order valence-corrected chi connectivity index (χ0v) is 14.2. The molecular formula is C18H22BrN. The molecule has 0 radical (unpaired) electrons. The first kappa shape index (κ1) is 15.3. The lowest BCUT2D eigenvalue weighted by molar-refractivity contribution is 0.494. The van der Waals surface area contributed by atoms with Gasteiger partial charge in [0.25, 0.3) is 0 Å². The normalized spacial score (nSPS) is 14.1. The summed E-state index contributed by atoms with van der Waals surface area (Å²) in [5.74, 6) is 0. The highest BCUT2D eigenvalue weighted by atomic mass is 79.9. The third-order valence-electron chi connectivity index (χ3n) is 3.90. The van der Waals surface area contributed by atoms with E-state index in [9.17, 15) is 0 Å². The average molecular weight is 332 g/mol. The molecule has 0 amide bonds. The van der Waals surface area contributed by atoms with Crippen molar-refractivity contribution in [3.8, 4) is 0 Å². The number of hydrogen-bond donors (Lipinski definition) is 1. The monoisotopic (exact) mass is 331 g/mol. The molecule has 0 fully saturated rings. The van der Waals surface area contributed by atoms with E-state index in [4.69, 9.17) is 0 Å². The van der Waals surface area contributed by atoms with Crippen LogP contribution in [0.15, 0.2) is 46.9 Å². The number of nitrogens with one attached hydrogen (secondary N) is 1. The minimum Gasteiger partial charge on any atom is -0.304 e. The van der Waals surface area contributed by atoms with E-state index in [-0.39, 0.29) is 0 Å². The summed E-state index contributed by atoms with van der Waals surface area (Å²) in [5.41, 5.74) is 5.36. The zero-order chi connectivity index (χ0) is 14.7. The van der Waals surface area contributed by atoms with Crippen LogP contribution in [0.2, 0.25) is 0 Å². The van der Waals surface area contributed by atoms with Gasteiger partial charge in [-0.3, -0.25) is 0 Å². The minimum absolute atomic E-state index is 0.333. The summed E-state index contributed by atoms with van der Waals surface area (Å²) in [7, 11) is 0. The van der Waals surface area contributed by atoms with Crippen molar-refractivity contribution in [2.75, 3.05) is 0 Å². The van der Waals surface area contributed by atoms with Gasteiger partial charge < -0.3 is 5.32 Å². The van der Waals surface area contributed by atoms with Crippen molar-refractivity contribution in [2.45, 2.75) is 39.8 Å². The summed E-state index contributed by atoms with van der Waals surface area (Å²) in [6, 6.07) is 15.9. The van der Waals surface area contributed by atoms with Crippen LogP contribution in [0.5, 0.6) is 0 Å². The number of aryl methyl sites for hydroxylation is 2. The molecule has 2 aromatic carbocycles. The molecule has 2 rings (SSSR count). The van der Waals surface area contributed by atoms with Crippen LogP contribution >= 0.6 is 15.9 Å². The van der Waals surface area contributed by atoms with Gasteiger partial charge in [0.1, 0.15) is 0 Å². The molecule has 0 aliphatic rings. The highest BCUT2D eigenvalue weighted by molar-refractivity contribution is 9.10. The van der Waals surface area contributed by atoms with E-state index in [0.717, 1.165) is 4.47 Å². The quantitative estimate of drug-likeness (QED) is 0.782. The molecule has 0 heterocycles. The van der Waals surface area contributed by atoms with Crippen LogP contribution in [0.25, 0.3) is 0 Å². The summed E-state index contributed by atoms with van der Waals surface area (Å²) in [5, 5.41) is 3.66. The molecule has 1 unspecified atom stereocenters. The van der Waals surface area contributed by atoms with Crippen molar-refractivity contribution in [1.29, 1.82) is 0 Å². The lowest BCUT2D eigenvalue weighted by Gasteiger charge is -2.21. The number of benzene rings is 2. The molecule has 2 atom stereocenters. The average Bonchev–Trinajstić information content (AvgIpc) is 2.42. The maximum Gasteiger partial charge on any atom is 0.0297 e. The molecule has 0 aliphatic carbocycles. The number of hydrogen-bond acceptors (Lipinski definition) is 1. The van der Waals surface area contributed by atoms with E-state index in [1.807, 2.05) is 0 Å². The topological polar surface area (TPSA) is 12.0 Å². The maximum absolute atomic E-state index is 3.66. The van der Waals surface area contributed by atoms with Gasteiger partial charge in [0.2, 0.25) is 0 Å². The highest BCUT2D eigenvalue weighted by Gasteiger charge is 2.11. The van der Waals surface area contributed by atoms with Crippen molar-refractivity contribution >= 4 is 15.9 Å². The van der Waals surface area contributed by atoms with E-state index in [0.29, 0.717) is 12.1 Å².